The van der Waals surface area contributed by atoms with Crippen LogP contribution in [0.4, 0.5) is 0 Å². The molecular weight excluding hydrogens is 457 g/mol. The SMILES string of the molecule is Cc1ccc2c(c1)C(C(=O)O)C1(CCCc3ccccc31)N(Cc1ccc(Cl)c(Cl)c1)C2=O. The lowest BCUT2D eigenvalue weighted by Gasteiger charge is -2.53. The zero-order valence-electron chi connectivity index (χ0n) is 18.1. The predicted molar refractivity (Wildman–Crippen MR) is 129 cm³/mol. The van der Waals surface area contributed by atoms with Crippen LogP contribution in [-0.4, -0.2) is 21.9 Å². The third kappa shape index (κ3) is 3.44. The Labute approximate surface area is 202 Å². The summed E-state index contributed by atoms with van der Waals surface area (Å²) in [4.78, 5) is 28.7. The molecule has 3 aromatic rings. The summed E-state index contributed by atoms with van der Waals surface area (Å²) >= 11 is 12.4. The maximum Gasteiger partial charge on any atom is 0.313 e. The summed E-state index contributed by atoms with van der Waals surface area (Å²) in [6.07, 6.45) is 2.23. The topological polar surface area (TPSA) is 57.6 Å². The molecule has 33 heavy (non-hydrogen) atoms. The standard InChI is InChI=1S/C27H23Cl2NO3/c1-16-8-10-19-20(13-16)24(26(32)33)27(12-4-6-18-5-2-3-7-21(18)27)30(25(19)31)15-17-9-11-22(28)23(29)14-17/h2-3,5,7-11,13-14,24H,4,6,12,15H2,1H3,(H,32,33). The molecule has 2 aliphatic rings. The first-order chi connectivity index (χ1) is 15.8. The van der Waals surface area contributed by atoms with Crippen molar-refractivity contribution in [2.45, 2.75) is 44.2 Å². The second kappa shape index (κ2) is 8.19. The number of hydrogen-bond donors (Lipinski definition) is 1. The third-order valence-corrected chi connectivity index (χ3v) is 7.75. The van der Waals surface area contributed by atoms with Gasteiger partial charge in [0.05, 0.1) is 15.6 Å². The summed E-state index contributed by atoms with van der Waals surface area (Å²) in [5.41, 5.74) is 3.80. The van der Waals surface area contributed by atoms with E-state index in [4.69, 9.17) is 23.2 Å². The van der Waals surface area contributed by atoms with Gasteiger partial charge < -0.3 is 10.0 Å². The van der Waals surface area contributed by atoms with Crippen molar-refractivity contribution in [2.24, 2.45) is 0 Å². The maximum absolute atomic E-state index is 14.0. The van der Waals surface area contributed by atoms with Gasteiger partial charge in [0, 0.05) is 12.1 Å². The Kier molecular flexibility index (Phi) is 5.46. The summed E-state index contributed by atoms with van der Waals surface area (Å²) < 4.78 is 0. The van der Waals surface area contributed by atoms with Crippen LogP contribution in [0.25, 0.3) is 0 Å². The summed E-state index contributed by atoms with van der Waals surface area (Å²) in [5, 5.41) is 11.4. The lowest BCUT2D eigenvalue weighted by atomic mass is 9.63. The predicted octanol–water partition coefficient (Wildman–Crippen LogP) is 6.36. The Hall–Kier alpha value is -2.82. The van der Waals surface area contributed by atoms with Gasteiger partial charge in [-0.25, -0.2) is 0 Å². The van der Waals surface area contributed by atoms with E-state index in [0.717, 1.165) is 35.1 Å². The van der Waals surface area contributed by atoms with Crippen molar-refractivity contribution >= 4 is 35.1 Å². The number of aliphatic carboxylic acids is 1. The number of carbonyl (C=O) groups excluding carboxylic acids is 1. The largest absolute Gasteiger partial charge is 0.481 e. The molecule has 6 heteroatoms. The van der Waals surface area contributed by atoms with Crippen LogP contribution in [0.15, 0.2) is 60.7 Å². The first kappa shape index (κ1) is 22.0. The van der Waals surface area contributed by atoms with Gasteiger partial charge in [0.25, 0.3) is 5.91 Å². The normalized spacial score (nSPS) is 21.6. The second-order valence-corrected chi connectivity index (χ2v) is 9.75. The van der Waals surface area contributed by atoms with Crippen molar-refractivity contribution in [1.82, 2.24) is 4.90 Å². The molecule has 0 fully saturated rings. The summed E-state index contributed by atoms with van der Waals surface area (Å²) in [6.45, 7) is 2.16. The first-order valence-corrected chi connectivity index (χ1v) is 11.8. The summed E-state index contributed by atoms with van der Waals surface area (Å²) in [7, 11) is 0. The quantitative estimate of drug-likeness (QED) is 0.475. The molecule has 1 aliphatic heterocycles. The zero-order valence-corrected chi connectivity index (χ0v) is 19.7. The number of nitrogens with zero attached hydrogens (tertiary/aromatic N) is 1. The van der Waals surface area contributed by atoms with Gasteiger partial charge in [0.1, 0.15) is 5.92 Å². The number of fused-ring (bicyclic) bond motifs is 3. The molecule has 168 valence electrons. The van der Waals surface area contributed by atoms with Crippen LogP contribution >= 0.6 is 23.2 Å². The summed E-state index contributed by atoms with van der Waals surface area (Å²) in [6, 6.07) is 18.7. The van der Waals surface area contributed by atoms with Crippen LogP contribution < -0.4 is 0 Å². The van der Waals surface area contributed by atoms with Gasteiger partial charge in [0.15, 0.2) is 0 Å². The van der Waals surface area contributed by atoms with E-state index in [2.05, 4.69) is 0 Å². The zero-order chi connectivity index (χ0) is 23.3. The lowest BCUT2D eigenvalue weighted by molar-refractivity contribution is -0.144. The number of amides is 1. The molecule has 2 atom stereocenters. The first-order valence-electron chi connectivity index (χ1n) is 11.0. The Bertz CT molecular complexity index is 1290. The number of rotatable bonds is 3. The second-order valence-electron chi connectivity index (χ2n) is 8.94. The molecule has 0 aromatic heterocycles. The van der Waals surface area contributed by atoms with Gasteiger partial charge in [0.2, 0.25) is 0 Å². The van der Waals surface area contributed by atoms with Gasteiger partial charge in [-0.05, 0) is 66.6 Å². The van der Waals surface area contributed by atoms with E-state index >= 15 is 0 Å². The van der Waals surface area contributed by atoms with E-state index in [-0.39, 0.29) is 12.5 Å². The molecule has 2 unspecified atom stereocenters. The molecule has 0 radical (unpaired) electrons. The molecule has 0 saturated carbocycles. The molecule has 4 nitrogen and oxygen atoms in total. The van der Waals surface area contributed by atoms with Crippen molar-refractivity contribution in [1.29, 1.82) is 0 Å². The minimum absolute atomic E-state index is 0.162. The highest BCUT2D eigenvalue weighted by atomic mass is 35.5. The van der Waals surface area contributed by atoms with Gasteiger partial charge in [-0.1, -0.05) is 71.2 Å². The molecule has 1 N–H and O–H groups in total. The van der Waals surface area contributed by atoms with Crippen LogP contribution in [0, 0.1) is 6.92 Å². The molecular formula is C27H23Cl2NO3. The Morgan fingerprint density at radius 1 is 1.09 bits per heavy atom. The van der Waals surface area contributed by atoms with Crippen molar-refractivity contribution in [3.63, 3.8) is 0 Å². The average molecular weight is 480 g/mol. The van der Waals surface area contributed by atoms with Crippen LogP contribution in [0.1, 0.15) is 56.9 Å². The number of carboxylic acids is 1. The van der Waals surface area contributed by atoms with Crippen molar-refractivity contribution in [2.75, 3.05) is 0 Å². The van der Waals surface area contributed by atoms with Crippen LogP contribution in [-0.2, 0) is 23.3 Å². The fourth-order valence-corrected chi connectivity index (χ4v) is 5.97. The highest BCUT2D eigenvalue weighted by Crippen LogP contribution is 2.54. The highest BCUT2D eigenvalue weighted by molar-refractivity contribution is 6.42. The van der Waals surface area contributed by atoms with Gasteiger partial charge in [-0.15, -0.1) is 0 Å². The van der Waals surface area contributed by atoms with E-state index in [1.54, 1.807) is 23.1 Å². The van der Waals surface area contributed by atoms with E-state index < -0.39 is 17.4 Å². The third-order valence-electron chi connectivity index (χ3n) is 7.01. The molecule has 3 aromatic carbocycles. The average Bonchev–Trinajstić information content (AvgIpc) is 2.79. The van der Waals surface area contributed by atoms with Gasteiger partial charge in [-0.2, -0.15) is 0 Å². The maximum atomic E-state index is 14.0. The molecule has 1 heterocycles. The molecule has 1 spiro atoms. The summed E-state index contributed by atoms with van der Waals surface area (Å²) in [5.74, 6) is -1.97. The van der Waals surface area contributed by atoms with E-state index in [9.17, 15) is 14.7 Å². The monoisotopic (exact) mass is 479 g/mol. The van der Waals surface area contributed by atoms with E-state index in [1.807, 2.05) is 49.4 Å². The van der Waals surface area contributed by atoms with Crippen LogP contribution in [0.5, 0.6) is 0 Å². The fraction of sp³-hybridized carbons (Fsp3) is 0.259. The number of hydrogen-bond acceptors (Lipinski definition) is 2. The molecule has 1 amide bonds. The Morgan fingerprint density at radius 2 is 1.88 bits per heavy atom. The lowest BCUT2D eigenvalue weighted by Crippen LogP contribution is -2.59. The van der Waals surface area contributed by atoms with Crippen LogP contribution in [0.3, 0.4) is 0 Å². The van der Waals surface area contributed by atoms with Gasteiger partial charge >= 0.3 is 5.97 Å². The van der Waals surface area contributed by atoms with Crippen molar-refractivity contribution in [3.05, 3.63) is 104 Å². The van der Waals surface area contributed by atoms with Crippen molar-refractivity contribution < 1.29 is 14.7 Å². The fourth-order valence-electron chi connectivity index (χ4n) is 5.65. The number of halogens is 2. The molecule has 0 bridgehead atoms. The number of carbonyl (C=O) groups is 2. The molecule has 1 aliphatic carbocycles. The molecule has 0 saturated heterocycles. The molecule has 5 rings (SSSR count). The number of benzene rings is 3. The number of carboxylic acid groups (broad SMARTS) is 1. The van der Waals surface area contributed by atoms with Crippen molar-refractivity contribution in [3.8, 4) is 0 Å². The Balaban J connectivity index is 1.79. The highest BCUT2D eigenvalue weighted by Gasteiger charge is 2.57. The van der Waals surface area contributed by atoms with Gasteiger partial charge in [-0.3, -0.25) is 9.59 Å². The number of aryl methyl sites for hydroxylation is 2. The Morgan fingerprint density at radius 3 is 2.64 bits per heavy atom. The van der Waals surface area contributed by atoms with Crippen LogP contribution in [0.2, 0.25) is 10.0 Å². The van der Waals surface area contributed by atoms with E-state index in [0.29, 0.717) is 27.6 Å². The minimum atomic E-state index is -0.995. The smallest absolute Gasteiger partial charge is 0.313 e. The van der Waals surface area contributed by atoms with E-state index in [1.165, 1.54) is 0 Å². The minimum Gasteiger partial charge on any atom is -0.481 e.